The van der Waals surface area contributed by atoms with Gasteiger partial charge >= 0.3 is 11.9 Å². The quantitative estimate of drug-likeness (QED) is 0.507. The van der Waals surface area contributed by atoms with E-state index in [4.69, 9.17) is 9.84 Å². The molecule has 0 aromatic carbocycles. The van der Waals surface area contributed by atoms with E-state index in [1.165, 1.54) is 6.92 Å². The second-order valence-electron chi connectivity index (χ2n) is 3.30. The third kappa shape index (κ3) is 1.43. The monoisotopic (exact) mass is 196 g/mol. The molecule has 0 aromatic heterocycles. The first-order chi connectivity index (χ1) is 6.41. The maximum Gasteiger partial charge on any atom is 0.352 e. The summed E-state index contributed by atoms with van der Waals surface area (Å²) in [5.41, 5.74) is -0.622. The summed E-state index contributed by atoms with van der Waals surface area (Å²) in [5, 5.41) is 8.91. The van der Waals surface area contributed by atoms with Gasteiger partial charge in [0.2, 0.25) is 5.60 Å². The zero-order valence-corrected chi connectivity index (χ0v) is 8.33. The van der Waals surface area contributed by atoms with E-state index in [1.807, 2.05) is 0 Å². The summed E-state index contributed by atoms with van der Waals surface area (Å²) in [6, 6.07) is 0. The number of allylic oxidation sites excluding steroid dienone is 1. The fourth-order valence-electron chi connectivity index (χ4n) is 1.17. The van der Waals surface area contributed by atoms with Crippen molar-refractivity contribution in [3.8, 4) is 0 Å². The topological polar surface area (TPSA) is 63.6 Å². The molecule has 76 valence electrons. The van der Waals surface area contributed by atoms with Gasteiger partial charge in [0, 0.05) is 0 Å². The van der Waals surface area contributed by atoms with Crippen molar-refractivity contribution in [3.63, 3.8) is 0 Å². The molecule has 0 saturated carbocycles. The van der Waals surface area contributed by atoms with Gasteiger partial charge in [0.05, 0.1) is 5.57 Å². The van der Waals surface area contributed by atoms with Crippen LogP contribution in [0.1, 0.15) is 20.8 Å². The van der Waals surface area contributed by atoms with Crippen LogP contribution in [-0.2, 0) is 14.3 Å². The molecule has 4 nitrogen and oxygen atoms in total. The Morgan fingerprint density at radius 3 is 2.64 bits per heavy atom. The smallest absolute Gasteiger partial charge is 0.352 e. The molecule has 4 heteroatoms. The van der Waals surface area contributed by atoms with Crippen LogP contribution in [0.25, 0.3) is 0 Å². The van der Waals surface area contributed by atoms with Crippen LogP contribution in [0.15, 0.2) is 23.3 Å². The van der Waals surface area contributed by atoms with Crippen molar-refractivity contribution < 1.29 is 19.4 Å². The van der Waals surface area contributed by atoms with Gasteiger partial charge < -0.3 is 9.84 Å². The molecule has 1 rings (SSSR count). The fraction of sp³-hybridized carbons (Fsp3) is 0.400. The largest absolute Gasteiger partial charge is 0.478 e. The molecule has 14 heavy (non-hydrogen) atoms. The van der Waals surface area contributed by atoms with Crippen molar-refractivity contribution in [2.75, 3.05) is 0 Å². The highest BCUT2D eigenvalue weighted by Gasteiger charge is 2.42. The Bertz CT molecular complexity index is 351. The molecule has 1 aliphatic rings. The van der Waals surface area contributed by atoms with Crippen LogP contribution in [0.5, 0.6) is 0 Å². The van der Waals surface area contributed by atoms with Gasteiger partial charge in [-0.2, -0.15) is 0 Å². The number of ether oxygens (including phenoxy) is 1. The lowest BCUT2D eigenvalue weighted by Crippen LogP contribution is -2.44. The first kappa shape index (κ1) is 10.5. The Morgan fingerprint density at radius 1 is 1.64 bits per heavy atom. The lowest BCUT2D eigenvalue weighted by atomic mass is 9.92. The van der Waals surface area contributed by atoms with Gasteiger partial charge in [0.1, 0.15) is 0 Å². The first-order valence-corrected chi connectivity index (χ1v) is 4.23. The van der Waals surface area contributed by atoms with Gasteiger partial charge in [-0.1, -0.05) is 6.08 Å². The van der Waals surface area contributed by atoms with Crippen molar-refractivity contribution in [1.82, 2.24) is 0 Å². The maximum absolute atomic E-state index is 11.3. The standard InChI is InChI=1S/C10H12O4/c1-4-7-5-6(2)10(3,9(12)13)14-8(7)11/h4-5H,1-3H3,(H,12,13)/b7-4+/t10-/m0/s1. The van der Waals surface area contributed by atoms with Gasteiger partial charge in [-0.05, 0) is 32.4 Å². The Balaban J connectivity index is 3.20. The molecule has 0 bridgehead atoms. The second-order valence-corrected chi connectivity index (χ2v) is 3.30. The van der Waals surface area contributed by atoms with Crippen LogP contribution in [0.2, 0.25) is 0 Å². The minimum Gasteiger partial charge on any atom is -0.478 e. The summed E-state index contributed by atoms with van der Waals surface area (Å²) in [4.78, 5) is 22.2. The predicted octanol–water partition coefficient (Wildman–Crippen LogP) is 1.28. The summed E-state index contributed by atoms with van der Waals surface area (Å²) < 4.78 is 4.88. The Hall–Kier alpha value is -1.58. The van der Waals surface area contributed by atoms with E-state index in [9.17, 15) is 9.59 Å². The number of carbonyl (C=O) groups excluding carboxylic acids is 1. The molecule has 0 amide bonds. The van der Waals surface area contributed by atoms with E-state index in [1.54, 1.807) is 26.0 Å². The molecule has 1 heterocycles. The third-order valence-electron chi connectivity index (χ3n) is 2.38. The highest BCUT2D eigenvalue weighted by atomic mass is 16.6. The lowest BCUT2D eigenvalue weighted by molar-refractivity contribution is -0.170. The average molecular weight is 196 g/mol. The normalized spacial score (nSPS) is 29.8. The third-order valence-corrected chi connectivity index (χ3v) is 2.38. The van der Waals surface area contributed by atoms with Crippen LogP contribution in [-0.4, -0.2) is 22.6 Å². The molecule has 0 saturated heterocycles. The maximum atomic E-state index is 11.3. The Kier molecular flexibility index (Phi) is 2.47. The SMILES string of the molecule is C/C=C1\C=C(C)[C@@](C)(C(=O)O)OC1=O. The molecule has 0 aromatic rings. The number of hydrogen-bond donors (Lipinski definition) is 1. The second kappa shape index (κ2) is 3.29. The van der Waals surface area contributed by atoms with Gasteiger partial charge in [-0.3, -0.25) is 0 Å². The molecule has 0 unspecified atom stereocenters. The van der Waals surface area contributed by atoms with E-state index in [0.717, 1.165) is 0 Å². The number of carbonyl (C=O) groups is 2. The fourth-order valence-corrected chi connectivity index (χ4v) is 1.17. The highest BCUT2D eigenvalue weighted by molar-refractivity contribution is 5.97. The molecule has 0 fully saturated rings. The van der Waals surface area contributed by atoms with Crippen molar-refractivity contribution in [1.29, 1.82) is 0 Å². The van der Waals surface area contributed by atoms with Crippen LogP contribution in [0.3, 0.4) is 0 Å². The van der Waals surface area contributed by atoms with Crippen molar-refractivity contribution in [2.24, 2.45) is 0 Å². The lowest BCUT2D eigenvalue weighted by Gasteiger charge is -2.29. The molecule has 1 N–H and O–H groups in total. The van der Waals surface area contributed by atoms with Gasteiger partial charge in [0.25, 0.3) is 0 Å². The number of carboxylic acid groups (broad SMARTS) is 1. The van der Waals surface area contributed by atoms with Crippen LogP contribution >= 0.6 is 0 Å². The number of rotatable bonds is 1. The van der Waals surface area contributed by atoms with Crippen molar-refractivity contribution >= 4 is 11.9 Å². The summed E-state index contributed by atoms with van der Waals surface area (Å²) in [5.74, 6) is -1.75. The Labute approximate surface area is 81.9 Å². The van der Waals surface area contributed by atoms with E-state index < -0.39 is 17.5 Å². The van der Waals surface area contributed by atoms with Gasteiger partial charge in [-0.15, -0.1) is 0 Å². The summed E-state index contributed by atoms with van der Waals surface area (Å²) >= 11 is 0. The number of hydrogen-bond acceptors (Lipinski definition) is 3. The summed E-state index contributed by atoms with van der Waals surface area (Å²) in [7, 11) is 0. The van der Waals surface area contributed by atoms with Gasteiger partial charge in [0.15, 0.2) is 0 Å². The summed E-state index contributed by atoms with van der Waals surface area (Å²) in [6.07, 6.45) is 3.13. The molecular formula is C10H12O4. The van der Waals surface area contributed by atoms with E-state index in [2.05, 4.69) is 0 Å². The zero-order chi connectivity index (χ0) is 10.9. The van der Waals surface area contributed by atoms with Gasteiger partial charge in [-0.25, -0.2) is 9.59 Å². The molecule has 1 aliphatic heterocycles. The van der Waals surface area contributed by atoms with E-state index in [0.29, 0.717) is 11.1 Å². The molecule has 0 spiro atoms. The number of cyclic esters (lactones) is 1. The molecule has 0 radical (unpaired) electrons. The zero-order valence-electron chi connectivity index (χ0n) is 8.33. The van der Waals surface area contributed by atoms with E-state index in [-0.39, 0.29) is 0 Å². The first-order valence-electron chi connectivity index (χ1n) is 4.23. The van der Waals surface area contributed by atoms with E-state index >= 15 is 0 Å². The summed E-state index contributed by atoms with van der Waals surface area (Å²) in [6.45, 7) is 4.69. The minimum absolute atomic E-state index is 0.390. The molecule has 0 aliphatic carbocycles. The molecule has 1 atom stereocenters. The van der Waals surface area contributed by atoms with Crippen molar-refractivity contribution in [3.05, 3.63) is 23.3 Å². The molecular weight excluding hydrogens is 184 g/mol. The van der Waals surface area contributed by atoms with Crippen LogP contribution in [0, 0.1) is 0 Å². The Morgan fingerprint density at radius 2 is 2.21 bits per heavy atom. The number of aliphatic carboxylic acids is 1. The van der Waals surface area contributed by atoms with Crippen molar-refractivity contribution in [2.45, 2.75) is 26.4 Å². The average Bonchev–Trinajstić information content (AvgIpc) is 2.11. The highest BCUT2D eigenvalue weighted by Crippen LogP contribution is 2.28. The minimum atomic E-state index is -1.52. The number of carboxylic acids is 1. The van der Waals surface area contributed by atoms with Crippen LogP contribution < -0.4 is 0 Å². The predicted molar refractivity (Wildman–Crippen MR) is 49.6 cm³/mol. The number of esters is 1. The van der Waals surface area contributed by atoms with Crippen LogP contribution in [0.4, 0.5) is 0 Å².